The Labute approximate surface area is 145 Å². The van der Waals surface area contributed by atoms with E-state index in [1.807, 2.05) is 6.07 Å². The largest absolute Gasteiger partial charge is 0.341 e. The number of likely N-dealkylation sites (N-methyl/N-ethyl adjacent to an activating group) is 1. The molecule has 1 aromatic carbocycles. The number of sulfone groups is 1. The van der Waals surface area contributed by atoms with Gasteiger partial charge in [-0.25, -0.2) is 8.42 Å². The van der Waals surface area contributed by atoms with Crippen molar-refractivity contribution in [2.45, 2.75) is 18.2 Å². The van der Waals surface area contributed by atoms with Crippen molar-refractivity contribution in [1.29, 1.82) is 0 Å². The van der Waals surface area contributed by atoms with Crippen LogP contribution in [-0.2, 0) is 20.4 Å². The number of nitrogens with zero attached hydrogens (tertiary/aromatic N) is 1. The van der Waals surface area contributed by atoms with Crippen molar-refractivity contribution in [1.82, 2.24) is 10.2 Å². The number of halogens is 2. The molecule has 1 amide bonds. The lowest BCUT2D eigenvalue weighted by molar-refractivity contribution is -0.128. The van der Waals surface area contributed by atoms with E-state index in [0.717, 1.165) is 24.0 Å². The van der Waals surface area contributed by atoms with Gasteiger partial charge in [0.25, 0.3) is 0 Å². The van der Waals surface area contributed by atoms with E-state index >= 15 is 0 Å². The van der Waals surface area contributed by atoms with Crippen LogP contribution in [0.25, 0.3) is 0 Å². The summed E-state index contributed by atoms with van der Waals surface area (Å²) in [5.74, 6) is -0.889. The van der Waals surface area contributed by atoms with E-state index in [0.29, 0.717) is 5.56 Å². The molecule has 1 heterocycles. The number of carbonyl (C=O) groups is 1. The lowest BCUT2D eigenvalue weighted by Crippen LogP contribution is -2.41. The molecule has 5 nitrogen and oxygen atoms in total. The Kier molecular flexibility index (Phi) is 7.31. The predicted molar refractivity (Wildman–Crippen MR) is 92.9 cm³/mol. The van der Waals surface area contributed by atoms with Gasteiger partial charge in [-0.1, -0.05) is 28.1 Å². The molecule has 0 saturated carbocycles. The first-order valence-corrected chi connectivity index (χ1v) is 9.40. The molecule has 0 bridgehead atoms. The molecule has 8 heteroatoms. The van der Waals surface area contributed by atoms with E-state index in [-0.39, 0.29) is 30.1 Å². The summed E-state index contributed by atoms with van der Waals surface area (Å²) in [5.41, 5.74) is 0.683. The number of benzene rings is 1. The maximum atomic E-state index is 12.2. The molecule has 0 spiro atoms. The van der Waals surface area contributed by atoms with E-state index in [2.05, 4.69) is 21.2 Å². The molecule has 1 aromatic rings. The maximum Gasteiger partial charge on any atom is 0.237 e. The zero-order valence-corrected chi connectivity index (χ0v) is 15.5. The van der Waals surface area contributed by atoms with Gasteiger partial charge in [-0.3, -0.25) is 4.79 Å². The van der Waals surface area contributed by atoms with Crippen LogP contribution in [0.15, 0.2) is 28.7 Å². The molecule has 2 rings (SSSR count). The second kappa shape index (κ2) is 8.29. The van der Waals surface area contributed by atoms with Gasteiger partial charge in [0, 0.05) is 24.1 Å². The highest BCUT2D eigenvalue weighted by Crippen LogP contribution is 2.15. The molecule has 124 valence electrons. The normalized spacial score (nSPS) is 17.8. The second-order valence-electron chi connectivity index (χ2n) is 5.31. The molecule has 22 heavy (non-hydrogen) atoms. The van der Waals surface area contributed by atoms with Gasteiger partial charge in [0.05, 0.1) is 5.75 Å². The minimum Gasteiger partial charge on any atom is -0.341 e. The van der Waals surface area contributed by atoms with Gasteiger partial charge in [-0.05, 0) is 30.7 Å². The Bertz CT molecular complexity index is 618. The van der Waals surface area contributed by atoms with Crippen LogP contribution in [0.3, 0.4) is 0 Å². The number of hydrogen-bond acceptors (Lipinski definition) is 4. The van der Waals surface area contributed by atoms with Crippen LogP contribution in [0.2, 0.25) is 0 Å². The standard InChI is InChI=1S/C14H19BrN2O3S.ClH/c1-17(13-5-6-16-8-13)14(18)10-21(19,20)9-11-3-2-4-12(15)7-11;/h2-4,7,13,16H,5-6,8-10H2,1H3;1H. The highest BCUT2D eigenvalue weighted by molar-refractivity contribution is 9.10. The summed E-state index contributed by atoms with van der Waals surface area (Å²) in [6.07, 6.45) is 0.869. The average molecular weight is 412 g/mol. The second-order valence-corrected chi connectivity index (χ2v) is 8.29. The molecule has 1 fully saturated rings. The summed E-state index contributed by atoms with van der Waals surface area (Å²) >= 11 is 3.31. The predicted octanol–water partition coefficient (Wildman–Crippen LogP) is 1.61. The molecule has 1 atom stereocenters. The lowest BCUT2D eigenvalue weighted by Gasteiger charge is -2.23. The molecule has 1 aliphatic rings. The molecule has 0 radical (unpaired) electrons. The van der Waals surface area contributed by atoms with Crippen LogP contribution >= 0.6 is 28.3 Å². The molecule has 1 unspecified atom stereocenters. The van der Waals surface area contributed by atoms with Crippen LogP contribution in [-0.4, -0.2) is 51.2 Å². The molecule has 1 N–H and O–H groups in total. The Morgan fingerprint density at radius 1 is 1.45 bits per heavy atom. The number of nitrogens with one attached hydrogen (secondary N) is 1. The number of amides is 1. The molecule has 1 aliphatic heterocycles. The van der Waals surface area contributed by atoms with Crippen molar-refractivity contribution >= 4 is 44.1 Å². The number of carbonyl (C=O) groups excluding carboxylic acids is 1. The maximum absolute atomic E-state index is 12.2. The minimum atomic E-state index is -3.46. The van der Waals surface area contributed by atoms with E-state index in [9.17, 15) is 13.2 Å². The fourth-order valence-corrected chi connectivity index (χ4v) is 4.21. The highest BCUT2D eigenvalue weighted by atomic mass is 79.9. The van der Waals surface area contributed by atoms with Crippen molar-refractivity contribution in [3.05, 3.63) is 34.3 Å². The first-order chi connectivity index (χ1) is 9.87. The quantitative estimate of drug-likeness (QED) is 0.799. The Morgan fingerprint density at radius 3 is 2.77 bits per heavy atom. The van der Waals surface area contributed by atoms with Crippen molar-refractivity contribution < 1.29 is 13.2 Å². The zero-order chi connectivity index (χ0) is 15.5. The number of rotatable bonds is 5. The summed E-state index contributed by atoms with van der Waals surface area (Å²) in [6, 6.07) is 7.22. The van der Waals surface area contributed by atoms with E-state index in [1.165, 1.54) is 0 Å². The summed E-state index contributed by atoms with van der Waals surface area (Å²) in [7, 11) is -1.78. The third-order valence-corrected chi connectivity index (χ3v) is 5.55. The van der Waals surface area contributed by atoms with Gasteiger partial charge in [-0.2, -0.15) is 0 Å². The van der Waals surface area contributed by atoms with Crippen molar-refractivity contribution in [3.8, 4) is 0 Å². The summed E-state index contributed by atoms with van der Waals surface area (Å²) in [5, 5.41) is 3.17. The lowest BCUT2D eigenvalue weighted by atomic mass is 10.2. The van der Waals surface area contributed by atoms with Gasteiger partial charge in [0.15, 0.2) is 9.84 Å². The van der Waals surface area contributed by atoms with Crippen molar-refractivity contribution in [3.63, 3.8) is 0 Å². The minimum absolute atomic E-state index is 0. The SMILES string of the molecule is CN(C(=O)CS(=O)(=O)Cc1cccc(Br)c1)C1CCNC1.Cl. The Hall–Kier alpha value is -0.630. The van der Waals surface area contributed by atoms with Crippen LogP contribution < -0.4 is 5.32 Å². The van der Waals surface area contributed by atoms with Gasteiger partial charge in [0.1, 0.15) is 5.75 Å². The molecule has 0 aromatic heterocycles. The Balaban J connectivity index is 0.00000242. The summed E-state index contributed by atoms with van der Waals surface area (Å²) in [6.45, 7) is 1.60. The average Bonchev–Trinajstić information content (AvgIpc) is 2.90. The molecule has 1 saturated heterocycles. The summed E-state index contributed by atoms with van der Waals surface area (Å²) in [4.78, 5) is 13.7. The Morgan fingerprint density at radius 2 is 2.18 bits per heavy atom. The third kappa shape index (κ3) is 5.53. The topological polar surface area (TPSA) is 66.5 Å². The van der Waals surface area contributed by atoms with Crippen LogP contribution in [0.4, 0.5) is 0 Å². The zero-order valence-electron chi connectivity index (χ0n) is 12.3. The smallest absolute Gasteiger partial charge is 0.237 e. The van der Waals surface area contributed by atoms with Crippen molar-refractivity contribution in [2.75, 3.05) is 25.9 Å². The highest BCUT2D eigenvalue weighted by Gasteiger charge is 2.26. The molecule has 0 aliphatic carbocycles. The van der Waals surface area contributed by atoms with Crippen LogP contribution in [0.5, 0.6) is 0 Å². The monoisotopic (exact) mass is 410 g/mol. The van der Waals surface area contributed by atoms with Gasteiger partial charge in [0.2, 0.25) is 5.91 Å². The van der Waals surface area contributed by atoms with Gasteiger partial charge in [-0.15, -0.1) is 12.4 Å². The molecular weight excluding hydrogens is 392 g/mol. The van der Waals surface area contributed by atoms with Crippen LogP contribution in [0.1, 0.15) is 12.0 Å². The first-order valence-electron chi connectivity index (χ1n) is 6.78. The van der Waals surface area contributed by atoms with Crippen molar-refractivity contribution in [2.24, 2.45) is 0 Å². The first kappa shape index (κ1) is 19.4. The third-order valence-electron chi connectivity index (χ3n) is 3.59. The number of hydrogen-bond donors (Lipinski definition) is 1. The van der Waals surface area contributed by atoms with Gasteiger partial charge < -0.3 is 10.2 Å². The fraction of sp³-hybridized carbons (Fsp3) is 0.500. The van der Waals surface area contributed by atoms with E-state index in [1.54, 1.807) is 30.1 Å². The van der Waals surface area contributed by atoms with Crippen LogP contribution in [0, 0.1) is 0 Å². The molecular formula is C14H20BrClN2O3S. The fourth-order valence-electron chi connectivity index (χ4n) is 2.40. The van der Waals surface area contributed by atoms with Gasteiger partial charge >= 0.3 is 0 Å². The van der Waals surface area contributed by atoms with E-state index < -0.39 is 15.6 Å². The summed E-state index contributed by atoms with van der Waals surface area (Å²) < 4.78 is 25.2. The van der Waals surface area contributed by atoms with E-state index in [4.69, 9.17) is 0 Å².